The first-order chi connectivity index (χ1) is 13.3. The largest absolute Gasteiger partial charge is 0.343 e. The Kier molecular flexibility index (Phi) is 4.83. The van der Waals surface area contributed by atoms with Crippen molar-refractivity contribution in [2.75, 3.05) is 31.6 Å². The number of fused-ring (bicyclic) bond motifs is 3. The van der Waals surface area contributed by atoms with Gasteiger partial charge in [-0.05, 0) is 43.4 Å². The van der Waals surface area contributed by atoms with E-state index in [1.165, 1.54) is 21.7 Å². The predicted molar refractivity (Wildman–Crippen MR) is 109 cm³/mol. The molecule has 3 aliphatic heterocycles. The monoisotopic (exact) mass is 385 g/mol. The molecule has 0 aliphatic carbocycles. The minimum absolute atomic E-state index is 0.0698. The lowest BCUT2D eigenvalue weighted by Crippen LogP contribution is -2.66. The Labute approximate surface area is 167 Å². The zero-order valence-electron chi connectivity index (χ0n) is 17.5. The summed E-state index contributed by atoms with van der Waals surface area (Å²) in [5, 5.41) is 3.58. The van der Waals surface area contributed by atoms with Crippen molar-refractivity contribution in [2.45, 2.75) is 52.6 Å². The fraction of sp³-hybridized carbons (Fsp3) is 0.619. The lowest BCUT2D eigenvalue weighted by molar-refractivity contribution is -0.139. The molecule has 3 aliphatic rings. The summed E-state index contributed by atoms with van der Waals surface area (Å²) in [5.41, 5.74) is 3.72. The Bertz CT molecular complexity index is 795. The molecule has 3 unspecified atom stereocenters. The summed E-state index contributed by atoms with van der Waals surface area (Å²) in [6.45, 7) is 10.6. The van der Waals surface area contributed by atoms with Gasteiger partial charge in [0, 0.05) is 32.4 Å². The van der Waals surface area contributed by atoms with Crippen LogP contribution < -0.4 is 10.2 Å². The molecule has 7 heteroatoms. The molecule has 1 N–H and O–H groups in total. The molecule has 3 heterocycles. The highest BCUT2D eigenvalue weighted by Gasteiger charge is 2.56. The van der Waals surface area contributed by atoms with Crippen molar-refractivity contribution in [3.05, 3.63) is 29.3 Å². The molecule has 7 nitrogen and oxygen atoms in total. The van der Waals surface area contributed by atoms with E-state index in [1.807, 2.05) is 13.8 Å². The van der Waals surface area contributed by atoms with Crippen LogP contribution in [-0.2, 0) is 4.79 Å². The normalized spacial score (nSPS) is 28.2. The highest BCUT2D eigenvalue weighted by molar-refractivity contribution is 6.00. The molecule has 1 aromatic carbocycles. The van der Waals surface area contributed by atoms with E-state index in [2.05, 4.69) is 47.2 Å². The van der Waals surface area contributed by atoms with E-state index in [1.54, 1.807) is 11.9 Å². The predicted octanol–water partition coefficient (Wildman–Crippen LogP) is 1.95. The van der Waals surface area contributed by atoms with Crippen LogP contribution in [0.1, 0.15) is 31.4 Å². The third-order valence-electron chi connectivity index (χ3n) is 6.30. The van der Waals surface area contributed by atoms with E-state index in [0.29, 0.717) is 6.54 Å². The van der Waals surface area contributed by atoms with Crippen molar-refractivity contribution in [1.82, 2.24) is 20.0 Å². The fourth-order valence-electron chi connectivity index (χ4n) is 4.75. The van der Waals surface area contributed by atoms with E-state index in [-0.39, 0.29) is 36.4 Å². The summed E-state index contributed by atoms with van der Waals surface area (Å²) in [6.07, 6.45) is 0.616. The zero-order valence-corrected chi connectivity index (χ0v) is 17.5. The summed E-state index contributed by atoms with van der Waals surface area (Å²) in [4.78, 5) is 33.9. The Morgan fingerprint density at radius 2 is 1.93 bits per heavy atom. The molecule has 0 spiro atoms. The van der Waals surface area contributed by atoms with Gasteiger partial charge in [0.1, 0.15) is 18.5 Å². The Balaban J connectivity index is 1.67. The average Bonchev–Trinajstić information content (AvgIpc) is 3.05. The number of benzene rings is 1. The molecule has 28 heavy (non-hydrogen) atoms. The van der Waals surface area contributed by atoms with E-state index in [0.717, 1.165) is 19.5 Å². The minimum atomic E-state index is -0.334. The lowest BCUT2D eigenvalue weighted by Gasteiger charge is -2.44. The van der Waals surface area contributed by atoms with Crippen LogP contribution in [0.5, 0.6) is 0 Å². The van der Waals surface area contributed by atoms with Gasteiger partial charge in [-0.15, -0.1) is 0 Å². The van der Waals surface area contributed by atoms with Gasteiger partial charge in [-0.2, -0.15) is 0 Å². The van der Waals surface area contributed by atoms with Gasteiger partial charge >= 0.3 is 6.03 Å². The van der Waals surface area contributed by atoms with Crippen LogP contribution >= 0.6 is 0 Å². The first kappa shape index (κ1) is 19.2. The molecule has 3 fully saturated rings. The highest BCUT2D eigenvalue weighted by Crippen LogP contribution is 2.34. The van der Waals surface area contributed by atoms with E-state index in [9.17, 15) is 9.59 Å². The van der Waals surface area contributed by atoms with Crippen molar-refractivity contribution in [3.63, 3.8) is 0 Å². The number of urea groups is 1. The van der Waals surface area contributed by atoms with Crippen LogP contribution in [0.3, 0.4) is 0 Å². The van der Waals surface area contributed by atoms with E-state index < -0.39 is 0 Å². The van der Waals surface area contributed by atoms with Gasteiger partial charge < -0.3 is 9.80 Å². The van der Waals surface area contributed by atoms with Gasteiger partial charge in [0.25, 0.3) is 5.91 Å². The maximum absolute atomic E-state index is 13.3. The van der Waals surface area contributed by atoms with Crippen LogP contribution in [0.4, 0.5) is 10.5 Å². The number of hydrogen-bond acceptors (Lipinski definition) is 5. The van der Waals surface area contributed by atoms with Crippen molar-refractivity contribution in [3.8, 4) is 0 Å². The highest BCUT2D eigenvalue weighted by atomic mass is 16.2. The third kappa shape index (κ3) is 2.88. The smallest absolute Gasteiger partial charge is 0.327 e. The second-order valence-electron chi connectivity index (χ2n) is 8.67. The van der Waals surface area contributed by atoms with Crippen molar-refractivity contribution in [1.29, 1.82) is 0 Å². The maximum Gasteiger partial charge on any atom is 0.327 e. The molecule has 3 amide bonds. The molecule has 152 valence electrons. The topological polar surface area (TPSA) is 59.1 Å². The van der Waals surface area contributed by atoms with E-state index >= 15 is 0 Å². The lowest BCUT2D eigenvalue weighted by atomic mass is 10.1. The summed E-state index contributed by atoms with van der Waals surface area (Å²) >= 11 is 0. The number of aryl methyl sites for hydroxylation is 1. The number of likely N-dealkylation sites (N-methyl/N-ethyl adjacent to an activating group) is 1. The summed E-state index contributed by atoms with van der Waals surface area (Å²) in [5.74, 6) is 0.176. The number of carbonyl (C=O) groups excluding carboxylic acids is 2. The molecule has 4 rings (SSSR count). The zero-order chi connectivity index (χ0) is 20.2. The molecular formula is C21H31N5O2. The minimum Gasteiger partial charge on any atom is -0.343 e. The van der Waals surface area contributed by atoms with Crippen LogP contribution in [0.2, 0.25) is 0 Å². The molecule has 0 radical (unpaired) electrons. The first-order valence-electron chi connectivity index (χ1n) is 10.2. The second kappa shape index (κ2) is 7.04. The van der Waals surface area contributed by atoms with E-state index in [4.69, 9.17) is 0 Å². The second-order valence-corrected chi connectivity index (χ2v) is 8.67. The SMILES string of the molecule is Cc1cccc(N2CCCN3C4C(=O)N(CC(C)C)C(=O)N(C)C4NC23)c1C. The van der Waals surface area contributed by atoms with Crippen LogP contribution in [0.15, 0.2) is 18.2 Å². The number of carbonyl (C=O) groups is 2. The summed E-state index contributed by atoms with van der Waals surface area (Å²) in [6, 6.07) is 5.83. The summed E-state index contributed by atoms with van der Waals surface area (Å²) < 4.78 is 0. The van der Waals surface area contributed by atoms with Gasteiger partial charge in [-0.25, -0.2) is 4.79 Å². The molecular weight excluding hydrogens is 354 g/mol. The van der Waals surface area contributed by atoms with Gasteiger partial charge in [-0.3, -0.25) is 19.9 Å². The maximum atomic E-state index is 13.3. The van der Waals surface area contributed by atoms with Gasteiger partial charge in [-0.1, -0.05) is 26.0 Å². The Hall–Kier alpha value is -2.12. The van der Waals surface area contributed by atoms with Crippen LogP contribution in [-0.4, -0.2) is 71.8 Å². The number of imide groups is 1. The molecule has 3 atom stereocenters. The molecule has 1 aromatic rings. The molecule has 3 saturated heterocycles. The fourth-order valence-corrected chi connectivity index (χ4v) is 4.75. The molecule has 0 aromatic heterocycles. The van der Waals surface area contributed by atoms with Crippen molar-refractivity contribution >= 4 is 17.6 Å². The molecule has 0 bridgehead atoms. The van der Waals surface area contributed by atoms with Gasteiger partial charge in [0.2, 0.25) is 0 Å². The number of rotatable bonds is 3. The van der Waals surface area contributed by atoms with Crippen LogP contribution in [0.25, 0.3) is 0 Å². The average molecular weight is 386 g/mol. The van der Waals surface area contributed by atoms with Crippen molar-refractivity contribution < 1.29 is 9.59 Å². The van der Waals surface area contributed by atoms with Gasteiger partial charge in [0.05, 0.1) is 0 Å². The quantitative estimate of drug-likeness (QED) is 0.862. The molecule has 0 saturated carbocycles. The number of nitrogens with zero attached hydrogens (tertiary/aromatic N) is 4. The standard InChI is InChI=1S/C21H31N5O2/c1-13(2)12-26-19(27)17-18(23(5)21(26)28)22-20-24(10-7-11-25(17)20)16-9-6-8-14(3)15(16)4/h6,8-9,13,17-18,20,22H,7,10-12H2,1-5H3. The number of hydrogen-bond donors (Lipinski definition) is 1. The number of amides is 3. The van der Waals surface area contributed by atoms with Gasteiger partial charge in [0.15, 0.2) is 0 Å². The Morgan fingerprint density at radius 3 is 2.64 bits per heavy atom. The summed E-state index contributed by atoms with van der Waals surface area (Å²) in [7, 11) is 1.80. The first-order valence-corrected chi connectivity index (χ1v) is 10.2. The number of nitrogens with one attached hydrogen (secondary N) is 1. The Morgan fingerprint density at radius 1 is 1.18 bits per heavy atom. The third-order valence-corrected chi connectivity index (χ3v) is 6.30. The van der Waals surface area contributed by atoms with Crippen LogP contribution in [0, 0.1) is 19.8 Å². The number of anilines is 1. The van der Waals surface area contributed by atoms with Crippen molar-refractivity contribution in [2.24, 2.45) is 5.92 Å².